The molecule has 3 rings (SSSR count). The van der Waals surface area contributed by atoms with Crippen LogP contribution in [0.25, 0.3) is 0 Å². The number of ether oxygens (including phenoxy) is 1. The van der Waals surface area contributed by atoms with Crippen LogP contribution in [0.5, 0.6) is 5.75 Å². The Labute approximate surface area is 147 Å². The number of nitriles is 1. The van der Waals surface area contributed by atoms with E-state index in [2.05, 4.69) is 6.07 Å². The van der Waals surface area contributed by atoms with Crippen molar-refractivity contribution in [3.63, 3.8) is 0 Å². The summed E-state index contributed by atoms with van der Waals surface area (Å²) in [5, 5.41) is 18.0. The summed E-state index contributed by atoms with van der Waals surface area (Å²) in [6.07, 6.45) is 2.01. The van der Waals surface area contributed by atoms with Crippen molar-refractivity contribution in [1.29, 1.82) is 5.26 Å². The SMILES string of the molecule is N#Cc1ccc(OCc2cccc(C(=O)N(CCO)C3CC3)c2)cc1. The van der Waals surface area contributed by atoms with Crippen molar-refractivity contribution in [2.45, 2.75) is 25.5 Å². The zero-order valence-electron chi connectivity index (χ0n) is 13.9. The van der Waals surface area contributed by atoms with E-state index in [1.54, 1.807) is 35.2 Å². The van der Waals surface area contributed by atoms with Gasteiger partial charge in [0.25, 0.3) is 5.91 Å². The van der Waals surface area contributed by atoms with Gasteiger partial charge in [-0.15, -0.1) is 0 Å². The zero-order chi connectivity index (χ0) is 17.6. The molecule has 0 unspecified atom stereocenters. The smallest absolute Gasteiger partial charge is 0.254 e. The Balaban J connectivity index is 1.66. The monoisotopic (exact) mass is 336 g/mol. The van der Waals surface area contributed by atoms with Crippen LogP contribution >= 0.6 is 0 Å². The Morgan fingerprint density at radius 2 is 2.00 bits per heavy atom. The number of rotatable bonds is 7. The number of carbonyl (C=O) groups is 1. The van der Waals surface area contributed by atoms with Gasteiger partial charge >= 0.3 is 0 Å². The highest BCUT2D eigenvalue weighted by Crippen LogP contribution is 2.28. The molecule has 1 fully saturated rings. The minimum atomic E-state index is -0.0447. The largest absolute Gasteiger partial charge is 0.489 e. The van der Waals surface area contributed by atoms with E-state index >= 15 is 0 Å². The molecule has 25 heavy (non-hydrogen) atoms. The molecule has 1 N–H and O–H groups in total. The number of aliphatic hydroxyl groups is 1. The third-order valence-corrected chi connectivity index (χ3v) is 4.15. The molecule has 0 aromatic heterocycles. The second-order valence-corrected chi connectivity index (χ2v) is 6.08. The third kappa shape index (κ3) is 4.37. The predicted molar refractivity (Wildman–Crippen MR) is 93.1 cm³/mol. The number of carbonyl (C=O) groups excluding carboxylic acids is 1. The molecule has 0 saturated heterocycles. The Hall–Kier alpha value is -2.84. The molecule has 0 radical (unpaired) electrons. The van der Waals surface area contributed by atoms with E-state index in [0.29, 0.717) is 30.0 Å². The Morgan fingerprint density at radius 1 is 1.24 bits per heavy atom. The third-order valence-electron chi connectivity index (χ3n) is 4.15. The van der Waals surface area contributed by atoms with Crippen molar-refractivity contribution in [3.8, 4) is 11.8 Å². The van der Waals surface area contributed by atoms with Crippen LogP contribution in [-0.2, 0) is 6.61 Å². The van der Waals surface area contributed by atoms with E-state index in [1.807, 2.05) is 18.2 Å². The topological polar surface area (TPSA) is 73.6 Å². The van der Waals surface area contributed by atoms with Crippen LogP contribution in [0.3, 0.4) is 0 Å². The normalized spacial score (nSPS) is 13.1. The first-order valence-corrected chi connectivity index (χ1v) is 8.35. The quantitative estimate of drug-likeness (QED) is 0.844. The number of hydrogen-bond donors (Lipinski definition) is 1. The maximum absolute atomic E-state index is 12.7. The van der Waals surface area contributed by atoms with Crippen molar-refractivity contribution in [1.82, 2.24) is 4.90 Å². The zero-order valence-corrected chi connectivity index (χ0v) is 13.9. The molecule has 0 atom stereocenters. The second-order valence-electron chi connectivity index (χ2n) is 6.08. The van der Waals surface area contributed by atoms with Crippen LogP contribution < -0.4 is 4.74 Å². The fourth-order valence-electron chi connectivity index (χ4n) is 2.70. The van der Waals surface area contributed by atoms with Crippen LogP contribution in [0, 0.1) is 11.3 Å². The van der Waals surface area contributed by atoms with E-state index in [0.717, 1.165) is 18.4 Å². The minimum absolute atomic E-state index is 0.0241. The van der Waals surface area contributed by atoms with E-state index in [4.69, 9.17) is 10.00 Å². The Kier molecular flexibility index (Phi) is 5.32. The Bertz CT molecular complexity index is 776. The van der Waals surface area contributed by atoms with Crippen LogP contribution in [-0.4, -0.2) is 35.1 Å². The summed E-state index contributed by atoms with van der Waals surface area (Å²) in [4.78, 5) is 14.4. The predicted octanol–water partition coefficient (Wildman–Crippen LogP) is 2.73. The summed E-state index contributed by atoms with van der Waals surface area (Å²) < 4.78 is 5.72. The summed E-state index contributed by atoms with van der Waals surface area (Å²) in [5.74, 6) is 0.632. The molecule has 1 aliphatic carbocycles. The summed E-state index contributed by atoms with van der Waals surface area (Å²) in [6, 6.07) is 16.6. The molecule has 128 valence electrons. The number of benzene rings is 2. The van der Waals surface area contributed by atoms with Gasteiger partial charge in [0.15, 0.2) is 0 Å². The highest BCUT2D eigenvalue weighted by molar-refractivity contribution is 5.94. The van der Waals surface area contributed by atoms with Crippen LogP contribution in [0.2, 0.25) is 0 Å². The molecule has 2 aromatic rings. The van der Waals surface area contributed by atoms with E-state index in [-0.39, 0.29) is 18.6 Å². The highest BCUT2D eigenvalue weighted by Gasteiger charge is 2.32. The van der Waals surface area contributed by atoms with Gasteiger partial charge in [-0.05, 0) is 54.8 Å². The van der Waals surface area contributed by atoms with Gasteiger partial charge < -0.3 is 14.7 Å². The van der Waals surface area contributed by atoms with Gasteiger partial charge in [0.1, 0.15) is 12.4 Å². The Morgan fingerprint density at radius 3 is 2.64 bits per heavy atom. The van der Waals surface area contributed by atoms with Gasteiger partial charge in [-0.25, -0.2) is 0 Å². The molecule has 0 bridgehead atoms. The minimum Gasteiger partial charge on any atom is -0.489 e. The molecule has 0 heterocycles. The van der Waals surface area contributed by atoms with Crippen molar-refractivity contribution < 1.29 is 14.6 Å². The molecule has 1 amide bonds. The first kappa shape index (κ1) is 17.0. The molecule has 0 spiro atoms. The second kappa shape index (κ2) is 7.82. The van der Waals surface area contributed by atoms with Gasteiger partial charge in [0.2, 0.25) is 0 Å². The molecular weight excluding hydrogens is 316 g/mol. The van der Waals surface area contributed by atoms with Gasteiger partial charge in [0, 0.05) is 18.2 Å². The number of hydrogen-bond acceptors (Lipinski definition) is 4. The average molecular weight is 336 g/mol. The maximum atomic E-state index is 12.7. The van der Waals surface area contributed by atoms with Crippen LogP contribution in [0.4, 0.5) is 0 Å². The number of nitrogens with zero attached hydrogens (tertiary/aromatic N) is 2. The summed E-state index contributed by atoms with van der Waals surface area (Å²) >= 11 is 0. The standard InChI is InChI=1S/C20H20N2O3/c21-13-15-4-8-19(9-5-15)25-14-16-2-1-3-17(12-16)20(24)22(10-11-23)18-6-7-18/h1-5,8-9,12,18,23H,6-7,10-11,14H2. The van der Waals surface area contributed by atoms with Crippen molar-refractivity contribution in [3.05, 3.63) is 65.2 Å². The first-order chi connectivity index (χ1) is 12.2. The highest BCUT2D eigenvalue weighted by atomic mass is 16.5. The molecule has 5 heteroatoms. The van der Waals surface area contributed by atoms with E-state index in [1.165, 1.54) is 0 Å². The molecular formula is C20H20N2O3. The van der Waals surface area contributed by atoms with Crippen molar-refractivity contribution in [2.24, 2.45) is 0 Å². The summed E-state index contributed by atoms with van der Waals surface area (Å²) in [7, 11) is 0. The van der Waals surface area contributed by atoms with Crippen molar-refractivity contribution >= 4 is 5.91 Å². The lowest BCUT2D eigenvalue weighted by Crippen LogP contribution is -2.35. The number of amides is 1. The summed E-state index contributed by atoms with van der Waals surface area (Å²) in [5.41, 5.74) is 2.10. The first-order valence-electron chi connectivity index (χ1n) is 8.35. The van der Waals surface area contributed by atoms with E-state index < -0.39 is 0 Å². The van der Waals surface area contributed by atoms with Crippen LogP contribution in [0.15, 0.2) is 48.5 Å². The molecule has 0 aliphatic heterocycles. The summed E-state index contributed by atoms with van der Waals surface area (Å²) in [6.45, 7) is 0.690. The number of aliphatic hydroxyl groups excluding tert-OH is 1. The van der Waals surface area contributed by atoms with Gasteiger partial charge in [0.05, 0.1) is 18.2 Å². The van der Waals surface area contributed by atoms with Gasteiger partial charge in [-0.1, -0.05) is 12.1 Å². The fourth-order valence-corrected chi connectivity index (χ4v) is 2.70. The van der Waals surface area contributed by atoms with Crippen LogP contribution in [0.1, 0.15) is 34.3 Å². The maximum Gasteiger partial charge on any atom is 0.254 e. The van der Waals surface area contributed by atoms with Gasteiger partial charge in [-0.3, -0.25) is 4.79 Å². The lowest BCUT2D eigenvalue weighted by atomic mass is 10.1. The molecule has 1 aliphatic rings. The van der Waals surface area contributed by atoms with Crippen molar-refractivity contribution in [2.75, 3.05) is 13.2 Å². The molecule has 2 aromatic carbocycles. The lowest BCUT2D eigenvalue weighted by molar-refractivity contribution is 0.0707. The average Bonchev–Trinajstić information content (AvgIpc) is 3.49. The van der Waals surface area contributed by atoms with Gasteiger partial charge in [-0.2, -0.15) is 5.26 Å². The fraction of sp³-hybridized carbons (Fsp3) is 0.300. The van der Waals surface area contributed by atoms with E-state index in [9.17, 15) is 9.90 Å². The molecule has 5 nitrogen and oxygen atoms in total. The lowest BCUT2D eigenvalue weighted by Gasteiger charge is -2.21. The molecule has 1 saturated carbocycles.